The van der Waals surface area contributed by atoms with E-state index in [-0.39, 0.29) is 16.3 Å². The fourth-order valence-electron chi connectivity index (χ4n) is 3.29. The first-order chi connectivity index (χ1) is 15.4. The molecule has 0 saturated heterocycles. The Morgan fingerprint density at radius 3 is 2.61 bits per heavy atom. The highest BCUT2D eigenvalue weighted by molar-refractivity contribution is 6.33. The van der Waals surface area contributed by atoms with Crippen LogP contribution in [0.15, 0.2) is 28.9 Å². The van der Waals surface area contributed by atoms with Gasteiger partial charge in [-0.3, -0.25) is 4.68 Å². The van der Waals surface area contributed by atoms with Crippen molar-refractivity contribution in [3.8, 4) is 22.6 Å². The van der Waals surface area contributed by atoms with Gasteiger partial charge in [-0.25, -0.2) is 9.18 Å². The molecule has 0 amide bonds. The van der Waals surface area contributed by atoms with Crippen molar-refractivity contribution in [2.45, 2.75) is 51.1 Å². The predicted octanol–water partition coefficient (Wildman–Crippen LogP) is 5.11. The van der Waals surface area contributed by atoms with Gasteiger partial charge in [-0.05, 0) is 38.8 Å². The van der Waals surface area contributed by atoms with E-state index in [2.05, 4.69) is 10.3 Å². The second kappa shape index (κ2) is 8.14. The second-order valence-corrected chi connectivity index (χ2v) is 8.72. The van der Waals surface area contributed by atoms with E-state index in [0.29, 0.717) is 17.5 Å². The minimum Gasteiger partial charge on any atom is -0.459 e. The Morgan fingerprint density at radius 2 is 2.03 bits per heavy atom. The molecule has 12 heteroatoms. The van der Waals surface area contributed by atoms with Crippen molar-refractivity contribution in [2.75, 3.05) is 0 Å². The first-order valence-corrected chi connectivity index (χ1v) is 10.3. The normalized spacial score (nSPS) is 14.5. The lowest BCUT2D eigenvalue weighted by Crippen LogP contribution is -2.29. The first kappa shape index (κ1) is 23.2. The summed E-state index contributed by atoms with van der Waals surface area (Å²) < 4.78 is 67.6. The predicted molar refractivity (Wildman–Crippen MR) is 108 cm³/mol. The third-order valence-corrected chi connectivity index (χ3v) is 5.10. The first-order valence-electron chi connectivity index (χ1n) is 9.87. The molecule has 176 valence electrons. The van der Waals surface area contributed by atoms with Crippen LogP contribution in [0.1, 0.15) is 42.7 Å². The zero-order chi connectivity index (χ0) is 24.1. The molecule has 33 heavy (non-hydrogen) atoms. The average Bonchev–Trinajstić information content (AvgIpc) is 3.21. The summed E-state index contributed by atoms with van der Waals surface area (Å²) in [6.07, 6.45) is -3.30. The van der Waals surface area contributed by atoms with Gasteiger partial charge in [0.2, 0.25) is 0 Å². The van der Waals surface area contributed by atoms with Gasteiger partial charge in [0.15, 0.2) is 11.5 Å². The van der Waals surface area contributed by atoms with Gasteiger partial charge < -0.3 is 14.4 Å². The van der Waals surface area contributed by atoms with Gasteiger partial charge in [0.1, 0.15) is 23.2 Å². The van der Waals surface area contributed by atoms with Gasteiger partial charge in [0.25, 0.3) is 0 Å². The average molecular weight is 488 g/mol. The summed E-state index contributed by atoms with van der Waals surface area (Å²) in [5.41, 5.74) is -4.60. The van der Waals surface area contributed by atoms with Crippen molar-refractivity contribution in [2.24, 2.45) is 0 Å². The number of aliphatic hydroxyl groups is 1. The van der Waals surface area contributed by atoms with Gasteiger partial charge >= 0.3 is 12.1 Å². The molecule has 3 aromatic rings. The molecule has 1 aromatic carbocycles. The number of ether oxygens (including phenoxy) is 1. The van der Waals surface area contributed by atoms with Crippen LogP contribution in [0.3, 0.4) is 0 Å². The smallest absolute Gasteiger partial charge is 0.433 e. The molecule has 7 nitrogen and oxygen atoms in total. The van der Waals surface area contributed by atoms with Gasteiger partial charge in [-0.15, -0.1) is 0 Å². The zero-order valence-corrected chi connectivity index (χ0v) is 18.2. The van der Waals surface area contributed by atoms with Crippen LogP contribution in [0.2, 0.25) is 5.02 Å². The number of hydrogen-bond donors (Lipinski definition) is 1. The highest BCUT2D eigenvalue weighted by Gasteiger charge is 2.43. The number of nitrogens with zero attached hydrogens (tertiary/aromatic N) is 3. The topological polar surface area (TPSA) is 90.4 Å². The van der Waals surface area contributed by atoms with Crippen LogP contribution in [0.25, 0.3) is 22.6 Å². The summed E-state index contributed by atoms with van der Waals surface area (Å²) in [5.74, 6) is -2.47. The lowest BCUT2D eigenvalue weighted by atomic mass is 10.0. The van der Waals surface area contributed by atoms with Crippen LogP contribution in [0.5, 0.6) is 0 Å². The van der Waals surface area contributed by atoms with E-state index < -0.39 is 58.8 Å². The van der Waals surface area contributed by atoms with Gasteiger partial charge in [-0.2, -0.15) is 18.3 Å². The highest BCUT2D eigenvalue weighted by Crippen LogP contribution is 2.43. The van der Waals surface area contributed by atoms with Crippen LogP contribution < -0.4 is 0 Å². The molecule has 0 spiro atoms. The Labute approximate surface area is 189 Å². The van der Waals surface area contributed by atoms with Crippen LogP contribution in [0.4, 0.5) is 17.6 Å². The summed E-state index contributed by atoms with van der Waals surface area (Å²) in [4.78, 5) is 12.9. The van der Waals surface area contributed by atoms with Gasteiger partial charge in [-0.1, -0.05) is 22.8 Å². The number of halogens is 5. The molecule has 2 aromatic heterocycles. The van der Waals surface area contributed by atoms with E-state index >= 15 is 0 Å². The van der Waals surface area contributed by atoms with E-state index in [0.717, 1.165) is 12.3 Å². The fourth-order valence-corrected chi connectivity index (χ4v) is 3.54. The van der Waals surface area contributed by atoms with Crippen molar-refractivity contribution < 1.29 is 36.7 Å². The Bertz CT molecular complexity index is 1190. The van der Waals surface area contributed by atoms with Crippen LogP contribution in [-0.2, 0) is 17.5 Å². The maximum Gasteiger partial charge on any atom is 0.433 e. The summed E-state index contributed by atoms with van der Waals surface area (Å²) in [7, 11) is 0. The molecular formula is C21H18ClF4N3O4. The number of carbonyl (C=O) groups excluding carboxylic acids is 1. The third kappa shape index (κ3) is 4.74. The van der Waals surface area contributed by atoms with E-state index in [1.807, 2.05) is 0 Å². The number of esters is 1. The minimum atomic E-state index is -4.93. The maximum absolute atomic E-state index is 14.6. The van der Waals surface area contributed by atoms with E-state index in [4.69, 9.17) is 20.9 Å². The number of carbonyl (C=O) groups is 1. The molecule has 0 atom stereocenters. The molecule has 0 radical (unpaired) electrons. The molecule has 2 heterocycles. The van der Waals surface area contributed by atoms with Gasteiger partial charge in [0, 0.05) is 0 Å². The molecule has 1 saturated carbocycles. The monoisotopic (exact) mass is 487 g/mol. The van der Waals surface area contributed by atoms with Gasteiger partial charge in [0.05, 0.1) is 34.5 Å². The molecule has 1 aliphatic carbocycles. The quantitative estimate of drug-likeness (QED) is 0.384. The standard InChI is InChI=1S/C21H18ClF4N3O4/c1-20(2,31)9-29-18(21(24,25)26)11(8-27-29)17-15(19(30)32-10-6-7-10)16(28-33-17)14-12(22)4-3-5-13(14)23/h3-5,8,10,31H,6-7,9H2,1-2H3. The Kier molecular flexibility index (Phi) is 5.73. The SMILES string of the molecule is CC(C)(O)Cn1ncc(-c2onc(-c3c(F)cccc3Cl)c2C(=O)OC2CC2)c1C(F)(F)F. The number of aromatic nitrogens is 3. The van der Waals surface area contributed by atoms with Crippen molar-refractivity contribution in [1.82, 2.24) is 14.9 Å². The van der Waals surface area contributed by atoms with E-state index in [1.165, 1.54) is 26.0 Å². The number of alkyl halides is 3. The lowest BCUT2D eigenvalue weighted by Gasteiger charge is -2.20. The zero-order valence-electron chi connectivity index (χ0n) is 17.4. The van der Waals surface area contributed by atoms with Crippen molar-refractivity contribution in [3.63, 3.8) is 0 Å². The minimum absolute atomic E-state index is 0.121. The molecule has 4 rings (SSSR count). The largest absolute Gasteiger partial charge is 0.459 e. The summed E-state index contributed by atoms with van der Waals surface area (Å²) in [6.45, 7) is 2.14. The molecule has 0 bridgehead atoms. The molecule has 1 N–H and O–H groups in total. The van der Waals surface area contributed by atoms with Crippen molar-refractivity contribution in [1.29, 1.82) is 0 Å². The van der Waals surface area contributed by atoms with Crippen molar-refractivity contribution in [3.05, 3.63) is 46.5 Å². The lowest BCUT2D eigenvalue weighted by molar-refractivity contribution is -0.144. The molecular weight excluding hydrogens is 470 g/mol. The number of benzene rings is 1. The van der Waals surface area contributed by atoms with Crippen LogP contribution >= 0.6 is 11.6 Å². The van der Waals surface area contributed by atoms with E-state index in [1.54, 1.807) is 0 Å². The third-order valence-electron chi connectivity index (χ3n) is 4.78. The molecule has 1 fully saturated rings. The van der Waals surface area contributed by atoms with Crippen LogP contribution in [0, 0.1) is 5.82 Å². The summed E-state index contributed by atoms with van der Waals surface area (Å²) in [6, 6.07) is 3.73. The Morgan fingerprint density at radius 1 is 1.33 bits per heavy atom. The second-order valence-electron chi connectivity index (χ2n) is 8.31. The molecule has 0 aliphatic heterocycles. The molecule has 0 unspecified atom stereocenters. The van der Waals surface area contributed by atoms with Crippen LogP contribution in [-0.4, -0.2) is 37.7 Å². The Balaban J connectivity index is 1.94. The Hall–Kier alpha value is -2.92. The number of rotatable bonds is 6. The fraction of sp³-hybridized carbons (Fsp3) is 0.381. The highest BCUT2D eigenvalue weighted by atomic mass is 35.5. The number of hydrogen-bond acceptors (Lipinski definition) is 6. The molecule has 1 aliphatic rings. The summed E-state index contributed by atoms with van der Waals surface area (Å²) >= 11 is 6.10. The maximum atomic E-state index is 14.6. The van der Waals surface area contributed by atoms with Crippen molar-refractivity contribution >= 4 is 17.6 Å². The van der Waals surface area contributed by atoms with E-state index in [9.17, 15) is 27.5 Å². The summed E-state index contributed by atoms with van der Waals surface area (Å²) in [5, 5.41) is 17.3.